The lowest BCUT2D eigenvalue weighted by molar-refractivity contribution is 0.549. The summed E-state index contributed by atoms with van der Waals surface area (Å²) in [6.45, 7) is 0.409. The average Bonchev–Trinajstić information content (AvgIpc) is 2.34. The van der Waals surface area contributed by atoms with Crippen LogP contribution in [0.25, 0.3) is 0 Å². The highest BCUT2D eigenvalue weighted by atomic mass is 32.2. The largest absolute Gasteiger partial charge is 0.367 e. The van der Waals surface area contributed by atoms with Gasteiger partial charge in [-0.1, -0.05) is 0 Å². The Morgan fingerprint density at radius 3 is 3.10 bits per heavy atom. The van der Waals surface area contributed by atoms with Gasteiger partial charge in [0.1, 0.15) is 0 Å². The zero-order valence-corrected chi connectivity index (χ0v) is 6.02. The van der Waals surface area contributed by atoms with Crippen molar-refractivity contribution in [3.8, 4) is 0 Å². The molecule has 0 saturated heterocycles. The van der Waals surface area contributed by atoms with Crippen molar-refractivity contribution in [2.45, 2.75) is 6.54 Å². The summed E-state index contributed by atoms with van der Waals surface area (Å²) >= 11 is -1.91. The van der Waals surface area contributed by atoms with E-state index in [1.807, 2.05) is 6.07 Å². The van der Waals surface area contributed by atoms with Crippen LogP contribution >= 0.6 is 0 Å². The summed E-state index contributed by atoms with van der Waals surface area (Å²) in [5.74, 6) is 0. The van der Waals surface area contributed by atoms with Crippen LogP contribution in [0.5, 0.6) is 0 Å². The molecule has 3 N–H and O–H groups in total. The van der Waals surface area contributed by atoms with Gasteiger partial charge in [0.05, 0.1) is 0 Å². The van der Waals surface area contributed by atoms with Gasteiger partial charge in [-0.2, -0.15) is 0 Å². The van der Waals surface area contributed by atoms with E-state index in [2.05, 4.69) is 9.71 Å². The highest BCUT2D eigenvalue weighted by Gasteiger charge is 1.93. The van der Waals surface area contributed by atoms with Gasteiger partial charge in [-0.05, 0) is 11.6 Å². The van der Waals surface area contributed by atoms with Gasteiger partial charge >= 0.3 is 0 Å². The first-order chi connectivity index (χ1) is 4.79. The van der Waals surface area contributed by atoms with E-state index in [4.69, 9.17) is 4.55 Å². The maximum atomic E-state index is 10.1. The van der Waals surface area contributed by atoms with Gasteiger partial charge in [0.15, 0.2) is 0 Å². The summed E-state index contributed by atoms with van der Waals surface area (Å²) in [4.78, 5) is 2.83. The van der Waals surface area contributed by atoms with Crippen molar-refractivity contribution in [3.05, 3.63) is 24.0 Å². The van der Waals surface area contributed by atoms with Crippen LogP contribution in [0.4, 0.5) is 0 Å². The van der Waals surface area contributed by atoms with Crippen LogP contribution in [0, 0.1) is 0 Å². The molecule has 4 nitrogen and oxygen atoms in total. The van der Waals surface area contributed by atoms with Crippen LogP contribution in [-0.4, -0.2) is 13.7 Å². The van der Waals surface area contributed by atoms with Crippen molar-refractivity contribution >= 4 is 11.3 Å². The summed E-state index contributed by atoms with van der Waals surface area (Å²) < 4.78 is 20.7. The van der Waals surface area contributed by atoms with E-state index in [9.17, 15) is 4.21 Å². The minimum atomic E-state index is -1.91. The predicted molar refractivity (Wildman–Crippen MR) is 38.4 cm³/mol. The number of aromatic nitrogens is 1. The molecule has 1 unspecified atom stereocenters. The van der Waals surface area contributed by atoms with Gasteiger partial charge in [0, 0.05) is 18.9 Å². The van der Waals surface area contributed by atoms with Crippen molar-refractivity contribution < 1.29 is 8.76 Å². The quantitative estimate of drug-likeness (QED) is 0.554. The van der Waals surface area contributed by atoms with Crippen LogP contribution in [0.2, 0.25) is 0 Å². The molecule has 56 valence electrons. The van der Waals surface area contributed by atoms with Gasteiger partial charge in [0.25, 0.3) is 0 Å². The molecule has 0 aromatic carbocycles. The monoisotopic (exact) mass is 160 g/mol. The summed E-state index contributed by atoms with van der Waals surface area (Å²) in [5.41, 5.74) is 0.961. The fraction of sp³-hybridized carbons (Fsp3) is 0.200. The summed E-state index contributed by atoms with van der Waals surface area (Å²) in [6, 6.07) is 1.83. The Hall–Kier alpha value is -0.650. The molecule has 0 saturated carbocycles. The van der Waals surface area contributed by atoms with Gasteiger partial charge in [0.2, 0.25) is 11.3 Å². The molecule has 0 bridgehead atoms. The Morgan fingerprint density at radius 1 is 1.80 bits per heavy atom. The molecule has 1 heterocycles. The first-order valence-corrected chi connectivity index (χ1v) is 3.86. The Bertz CT molecular complexity index is 209. The molecular weight excluding hydrogens is 152 g/mol. The Balaban J connectivity index is 2.35. The van der Waals surface area contributed by atoms with Gasteiger partial charge in [-0.3, -0.25) is 4.55 Å². The third-order valence-corrected chi connectivity index (χ3v) is 1.45. The fourth-order valence-corrected chi connectivity index (χ4v) is 0.904. The molecular formula is C5H8N2O2S. The molecule has 0 spiro atoms. The molecule has 1 rings (SSSR count). The fourth-order valence-electron chi connectivity index (χ4n) is 0.613. The van der Waals surface area contributed by atoms with Gasteiger partial charge < -0.3 is 4.98 Å². The molecule has 1 atom stereocenters. The highest BCUT2D eigenvalue weighted by molar-refractivity contribution is 7.77. The van der Waals surface area contributed by atoms with Crippen molar-refractivity contribution in [2.75, 3.05) is 0 Å². The smallest absolute Gasteiger partial charge is 0.232 e. The van der Waals surface area contributed by atoms with Crippen LogP contribution < -0.4 is 4.72 Å². The number of rotatable bonds is 3. The SMILES string of the molecule is O=S(O)NCc1cc[nH]c1. The second-order valence-electron chi connectivity index (χ2n) is 1.79. The van der Waals surface area contributed by atoms with E-state index in [0.717, 1.165) is 5.56 Å². The molecule has 1 aromatic rings. The molecule has 0 aliphatic heterocycles. The first kappa shape index (κ1) is 7.46. The zero-order chi connectivity index (χ0) is 7.40. The van der Waals surface area contributed by atoms with Crippen molar-refractivity contribution in [2.24, 2.45) is 0 Å². The Labute approximate surface area is 61.1 Å². The van der Waals surface area contributed by atoms with E-state index in [1.165, 1.54) is 0 Å². The minimum Gasteiger partial charge on any atom is -0.367 e. The first-order valence-electron chi connectivity index (χ1n) is 2.75. The van der Waals surface area contributed by atoms with Crippen LogP contribution in [0.1, 0.15) is 5.56 Å². The Morgan fingerprint density at radius 2 is 2.60 bits per heavy atom. The van der Waals surface area contributed by atoms with Crippen molar-refractivity contribution in [1.82, 2.24) is 9.71 Å². The Kier molecular flexibility index (Phi) is 2.61. The predicted octanol–water partition coefficient (Wildman–Crippen LogP) is 0.241. The van der Waals surface area contributed by atoms with E-state index in [-0.39, 0.29) is 0 Å². The lowest BCUT2D eigenvalue weighted by atomic mass is 10.4. The third kappa shape index (κ3) is 2.30. The number of aromatic amines is 1. The average molecular weight is 160 g/mol. The molecule has 0 amide bonds. The van der Waals surface area contributed by atoms with Crippen LogP contribution in [0.3, 0.4) is 0 Å². The molecule has 1 aromatic heterocycles. The standard InChI is InChI=1S/C5H8N2O2S/c8-10(9)7-4-5-1-2-6-3-5/h1-3,6-7H,4H2,(H,8,9). The number of hydrogen-bond donors (Lipinski definition) is 3. The minimum absolute atomic E-state index is 0.409. The van der Waals surface area contributed by atoms with E-state index in [1.54, 1.807) is 12.4 Å². The normalized spacial score (nSPS) is 13.3. The molecule has 0 radical (unpaired) electrons. The van der Waals surface area contributed by atoms with Crippen molar-refractivity contribution in [1.29, 1.82) is 0 Å². The molecule has 0 aliphatic carbocycles. The van der Waals surface area contributed by atoms with Crippen LogP contribution in [-0.2, 0) is 17.8 Å². The topological polar surface area (TPSA) is 65.1 Å². The van der Waals surface area contributed by atoms with E-state index >= 15 is 0 Å². The van der Waals surface area contributed by atoms with E-state index in [0.29, 0.717) is 6.54 Å². The van der Waals surface area contributed by atoms with Gasteiger partial charge in [-0.25, -0.2) is 8.93 Å². The lowest BCUT2D eigenvalue weighted by Gasteiger charge is -1.93. The highest BCUT2D eigenvalue weighted by Crippen LogP contribution is 1.94. The molecule has 10 heavy (non-hydrogen) atoms. The van der Waals surface area contributed by atoms with Gasteiger partial charge in [-0.15, -0.1) is 0 Å². The lowest BCUT2D eigenvalue weighted by Crippen LogP contribution is -2.14. The third-order valence-electron chi connectivity index (χ3n) is 1.06. The van der Waals surface area contributed by atoms with Crippen LogP contribution in [0.15, 0.2) is 18.5 Å². The van der Waals surface area contributed by atoms with Crippen molar-refractivity contribution in [3.63, 3.8) is 0 Å². The molecule has 0 fully saturated rings. The second-order valence-corrected chi connectivity index (χ2v) is 2.58. The number of H-pyrrole nitrogens is 1. The maximum absolute atomic E-state index is 10.1. The number of hydrogen-bond acceptors (Lipinski definition) is 1. The van der Waals surface area contributed by atoms with E-state index < -0.39 is 11.3 Å². The molecule has 0 aliphatic rings. The summed E-state index contributed by atoms with van der Waals surface area (Å²) in [5, 5.41) is 0. The zero-order valence-electron chi connectivity index (χ0n) is 5.20. The summed E-state index contributed by atoms with van der Waals surface area (Å²) in [7, 11) is 0. The second kappa shape index (κ2) is 3.50. The molecule has 5 heteroatoms. The summed E-state index contributed by atoms with van der Waals surface area (Å²) in [6.07, 6.45) is 3.52. The number of nitrogens with one attached hydrogen (secondary N) is 2. The maximum Gasteiger partial charge on any atom is 0.232 e.